The molecule has 0 N–H and O–H groups in total. The second kappa shape index (κ2) is 9.81. The highest BCUT2D eigenvalue weighted by molar-refractivity contribution is 7.05. The summed E-state index contributed by atoms with van der Waals surface area (Å²) in [7, 11) is -1.95. The lowest BCUT2D eigenvalue weighted by atomic mass is 9.89. The first-order valence-corrected chi connectivity index (χ1v) is 20.8. The van der Waals surface area contributed by atoms with Crippen molar-refractivity contribution < 1.29 is 0 Å². The van der Waals surface area contributed by atoms with Crippen LogP contribution in [0, 0.1) is 0 Å². The highest BCUT2D eigenvalue weighted by Crippen LogP contribution is 2.44. The van der Waals surface area contributed by atoms with E-state index in [1.54, 1.807) is 10.4 Å². The summed E-state index contributed by atoms with van der Waals surface area (Å²) in [6.45, 7) is 0. The van der Waals surface area contributed by atoms with Gasteiger partial charge in [0, 0.05) is 0 Å². The fourth-order valence-electron chi connectivity index (χ4n) is 10.5. The molecule has 0 saturated carbocycles. The lowest BCUT2D eigenvalue weighted by Crippen LogP contribution is -2.56. The Bertz CT molecular complexity index is 2780. The first kappa shape index (κ1) is 27.3. The summed E-state index contributed by atoms with van der Waals surface area (Å²) in [6.07, 6.45) is 4.05. The molecule has 0 unspecified atom stereocenters. The fraction of sp³-hybridized carbons (Fsp3) is 0.102. The minimum Gasteiger partial charge on any atom is -0.0610 e. The van der Waals surface area contributed by atoms with Crippen molar-refractivity contribution in [2.45, 2.75) is 31.4 Å². The average Bonchev–Trinajstić information content (AvgIpc) is 3.43. The molecule has 0 nitrogen and oxygen atoms in total. The van der Waals surface area contributed by atoms with Gasteiger partial charge in [-0.3, -0.25) is 0 Å². The van der Waals surface area contributed by atoms with E-state index in [1.807, 2.05) is 0 Å². The van der Waals surface area contributed by atoms with E-state index in [1.165, 1.54) is 129 Å². The molecule has 2 aliphatic heterocycles. The van der Waals surface area contributed by atoms with Crippen molar-refractivity contribution in [3.63, 3.8) is 0 Å². The van der Waals surface area contributed by atoms with Gasteiger partial charge in [0.15, 0.2) is 0 Å². The highest BCUT2D eigenvalue weighted by Gasteiger charge is 2.46. The molecule has 234 valence electrons. The summed E-state index contributed by atoms with van der Waals surface area (Å²) in [5.74, 6) is 0. The summed E-state index contributed by atoms with van der Waals surface area (Å²) < 4.78 is 0. The van der Waals surface area contributed by atoms with E-state index in [9.17, 15) is 0 Å². The molecule has 0 aliphatic carbocycles. The van der Waals surface area contributed by atoms with Gasteiger partial charge in [-0.1, -0.05) is 165 Å². The molecule has 0 aromatic heterocycles. The molecule has 10 aromatic rings. The molecular weight excluding hydrogens is 617 g/mol. The van der Waals surface area contributed by atoms with Crippen LogP contribution in [0.2, 0.25) is 12.1 Å². The Balaban J connectivity index is 1.05. The predicted octanol–water partition coefficient (Wildman–Crippen LogP) is 12.5. The summed E-state index contributed by atoms with van der Waals surface area (Å²) in [5.41, 5.74) is 8.47. The molecule has 50 heavy (non-hydrogen) atoms. The van der Waals surface area contributed by atoms with Crippen LogP contribution in [0.25, 0.3) is 98.0 Å². The van der Waals surface area contributed by atoms with Crippen LogP contribution in [-0.4, -0.2) is 8.07 Å². The van der Waals surface area contributed by atoms with Gasteiger partial charge in [-0.15, -0.1) is 0 Å². The van der Waals surface area contributed by atoms with E-state index < -0.39 is 8.07 Å². The quantitative estimate of drug-likeness (QED) is 0.129. The predicted molar refractivity (Wildman–Crippen MR) is 219 cm³/mol. The van der Waals surface area contributed by atoms with E-state index in [-0.39, 0.29) is 0 Å². The van der Waals surface area contributed by atoms with Gasteiger partial charge in [0.25, 0.3) is 0 Å². The minimum absolute atomic E-state index is 1.33. The van der Waals surface area contributed by atoms with E-state index >= 15 is 0 Å². The third-order valence-electron chi connectivity index (χ3n) is 12.7. The maximum absolute atomic E-state index is 2.65. The average molecular weight is 651 g/mol. The zero-order valence-corrected chi connectivity index (χ0v) is 28.9. The second-order valence-corrected chi connectivity index (χ2v) is 19.3. The monoisotopic (exact) mass is 650 g/mol. The van der Waals surface area contributed by atoms with Gasteiger partial charge in [0.05, 0.1) is 0 Å². The van der Waals surface area contributed by atoms with E-state index in [0.29, 0.717) is 0 Å². The number of hydrogen-bond acceptors (Lipinski definition) is 0. The minimum atomic E-state index is -1.95. The highest BCUT2D eigenvalue weighted by atomic mass is 28.3. The van der Waals surface area contributed by atoms with Gasteiger partial charge in [0.1, 0.15) is 8.07 Å². The van der Waals surface area contributed by atoms with Gasteiger partial charge in [-0.2, -0.15) is 0 Å². The fourth-order valence-corrected chi connectivity index (χ4v) is 16.2. The molecule has 2 heterocycles. The van der Waals surface area contributed by atoms with Crippen LogP contribution in [0.1, 0.15) is 19.3 Å². The Morgan fingerprint density at radius 2 is 0.700 bits per heavy atom. The Kier molecular flexibility index (Phi) is 5.36. The third kappa shape index (κ3) is 3.50. The maximum Gasteiger partial charge on any atom is 0.119 e. The Morgan fingerprint density at radius 1 is 0.320 bits per heavy atom. The molecule has 1 heteroatoms. The van der Waals surface area contributed by atoms with Crippen molar-refractivity contribution in [1.29, 1.82) is 0 Å². The molecule has 1 saturated heterocycles. The van der Waals surface area contributed by atoms with Crippen molar-refractivity contribution in [1.82, 2.24) is 0 Å². The van der Waals surface area contributed by atoms with Gasteiger partial charge in [-0.05, 0) is 120 Å². The van der Waals surface area contributed by atoms with Crippen LogP contribution in [0.5, 0.6) is 0 Å². The second-order valence-electron chi connectivity index (χ2n) is 15.1. The first-order chi connectivity index (χ1) is 24.7. The van der Waals surface area contributed by atoms with Crippen LogP contribution >= 0.6 is 0 Å². The molecule has 0 atom stereocenters. The van der Waals surface area contributed by atoms with Crippen molar-refractivity contribution in [2.24, 2.45) is 0 Å². The molecule has 1 fully saturated rings. The molecule has 2 aliphatic rings. The molecule has 0 amide bonds. The Labute approximate surface area is 292 Å². The molecule has 12 rings (SSSR count). The van der Waals surface area contributed by atoms with Crippen LogP contribution in [0.4, 0.5) is 0 Å². The van der Waals surface area contributed by atoms with Crippen LogP contribution < -0.4 is 10.4 Å². The van der Waals surface area contributed by atoms with Crippen molar-refractivity contribution in [3.05, 3.63) is 146 Å². The van der Waals surface area contributed by atoms with Gasteiger partial charge < -0.3 is 0 Å². The third-order valence-corrected chi connectivity index (χ3v) is 18.1. The number of fused-ring (bicyclic) bond motifs is 5. The normalized spacial score (nSPS) is 15.4. The topological polar surface area (TPSA) is 0 Å². The summed E-state index contributed by atoms with van der Waals surface area (Å²) in [5, 5.41) is 19.7. The molecular formula is C49H34Si. The van der Waals surface area contributed by atoms with Crippen LogP contribution in [-0.2, 0) is 0 Å². The van der Waals surface area contributed by atoms with Gasteiger partial charge in [0.2, 0.25) is 0 Å². The largest absolute Gasteiger partial charge is 0.119 e. The summed E-state index contributed by atoms with van der Waals surface area (Å²) in [6, 6.07) is 59.2. The summed E-state index contributed by atoms with van der Waals surface area (Å²) in [4.78, 5) is 0. The van der Waals surface area contributed by atoms with Crippen LogP contribution in [0.3, 0.4) is 0 Å². The molecule has 10 aromatic carbocycles. The van der Waals surface area contributed by atoms with Gasteiger partial charge >= 0.3 is 0 Å². The maximum atomic E-state index is 2.65. The van der Waals surface area contributed by atoms with E-state index in [4.69, 9.17) is 0 Å². The SMILES string of the molecule is c1cc2ccc3ccc(-c4ccc5c(c4)[Si]4(CCCCC4)c4cc(-c6ccc7ccc8cccc9ccc6c7c89)ccc4-5)c4ccc(c1)c2c34. The van der Waals surface area contributed by atoms with Crippen molar-refractivity contribution in [3.8, 4) is 33.4 Å². The standard InChI is InChI=1S/C49H34Si/c1-2-26-50(27-3-1)44-28-36(38-20-14-34-12-10-30-6-4-8-32-16-24-42(38)48(34)46(30)32)18-22-40(44)41-23-19-37(29-45(41)50)39-21-15-35-13-11-31-7-5-9-33-17-25-43(39)49(35)47(31)33/h4-25,28-29H,1-3,26-27H2. The smallest absolute Gasteiger partial charge is 0.0610 e. The van der Waals surface area contributed by atoms with E-state index in [0.717, 1.165) is 0 Å². The molecule has 1 spiro atoms. The zero-order valence-electron chi connectivity index (χ0n) is 27.9. The first-order valence-electron chi connectivity index (χ1n) is 18.4. The van der Waals surface area contributed by atoms with E-state index in [2.05, 4.69) is 146 Å². The summed E-state index contributed by atoms with van der Waals surface area (Å²) >= 11 is 0. The van der Waals surface area contributed by atoms with Crippen molar-refractivity contribution >= 4 is 83.1 Å². The number of hydrogen-bond donors (Lipinski definition) is 0. The molecule has 0 radical (unpaired) electrons. The molecule has 0 bridgehead atoms. The number of benzene rings is 10. The lowest BCUT2D eigenvalue weighted by molar-refractivity contribution is 0.721. The Morgan fingerprint density at radius 3 is 1.16 bits per heavy atom. The zero-order chi connectivity index (χ0) is 32.6. The van der Waals surface area contributed by atoms with Gasteiger partial charge in [-0.25, -0.2) is 0 Å². The van der Waals surface area contributed by atoms with Crippen molar-refractivity contribution in [2.75, 3.05) is 0 Å². The van der Waals surface area contributed by atoms with Crippen LogP contribution in [0.15, 0.2) is 146 Å². The Hall–Kier alpha value is -5.50. The lowest BCUT2D eigenvalue weighted by Gasteiger charge is -2.34. The number of rotatable bonds is 2.